The summed E-state index contributed by atoms with van der Waals surface area (Å²) in [5.41, 5.74) is -0.0596. The van der Waals surface area contributed by atoms with E-state index in [0.717, 1.165) is 12.3 Å². The number of ether oxygens (including phenoxy) is 1. The van der Waals surface area contributed by atoms with Crippen molar-refractivity contribution < 1.29 is 27.0 Å². The minimum absolute atomic E-state index is 0.0437. The number of aliphatic hydroxyl groups is 1. The molecule has 1 aromatic carbocycles. The Kier molecular flexibility index (Phi) is 7.84. The zero-order valence-electron chi connectivity index (χ0n) is 17.1. The number of halogens is 2. The molecular formula is C18H25F2N5O4S. The van der Waals surface area contributed by atoms with Crippen molar-refractivity contribution in [1.29, 1.82) is 0 Å². The maximum atomic E-state index is 14.0. The molecule has 0 aliphatic rings. The lowest BCUT2D eigenvalue weighted by Crippen LogP contribution is -2.27. The lowest BCUT2D eigenvalue weighted by Gasteiger charge is -2.19. The van der Waals surface area contributed by atoms with Crippen LogP contribution in [0.5, 0.6) is 6.01 Å². The van der Waals surface area contributed by atoms with Gasteiger partial charge < -0.3 is 15.2 Å². The van der Waals surface area contributed by atoms with Crippen molar-refractivity contribution in [2.24, 2.45) is 5.92 Å². The molecule has 2 aromatic rings. The molecule has 0 amide bonds. The summed E-state index contributed by atoms with van der Waals surface area (Å²) in [5, 5.41) is 12.5. The first-order valence-electron chi connectivity index (χ1n) is 9.20. The van der Waals surface area contributed by atoms with Gasteiger partial charge in [0.2, 0.25) is 21.9 Å². The van der Waals surface area contributed by atoms with Crippen molar-refractivity contribution in [2.75, 3.05) is 22.9 Å². The van der Waals surface area contributed by atoms with Crippen LogP contribution in [0.15, 0.2) is 18.2 Å². The molecule has 0 radical (unpaired) electrons. The highest BCUT2D eigenvalue weighted by molar-refractivity contribution is 7.91. The van der Waals surface area contributed by atoms with Gasteiger partial charge in [0.25, 0.3) is 0 Å². The van der Waals surface area contributed by atoms with Crippen LogP contribution >= 0.6 is 0 Å². The zero-order valence-corrected chi connectivity index (χ0v) is 17.9. The summed E-state index contributed by atoms with van der Waals surface area (Å²) in [6.07, 6.45) is 0.536. The summed E-state index contributed by atoms with van der Waals surface area (Å²) < 4.78 is 58.3. The molecule has 0 fully saturated rings. The van der Waals surface area contributed by atoms with Crippen molar-refractivity contribution in [2.45, 2.75) is 39.3 Å². The minimum atomic E-state index is -3.70. The molecule has 0 saturated heterocycles. The molecule has 9 nitrogen and oxygen atoms in total. The number of sulfonamides is 1. The van der Waals surface area contributed by atoms with Gasteiger partial charge in [-0.3, -0.25) is 4.72 Å². The third-order valence-electron chi connectivity index (χ3n) is 3.90. The summed E-state index contributed by atoms with van der Waals surface area (Å²) in [6.45, 7) is 5.20. The van der Waals surface area contributed by atoms with E-state index in [1.54, 1.807) is 0 Å². The number of benzene rings is 1. The predicted molar refractivity (Wildman–Crippen MR) is 108 cm³/mol. The van der Waals surface area contributed by atoms with Gasteiger partial charge in [-0.1, -0.05) is 26.0 Å². The highest BCUT2D eigenvalue weighted by Crippen LogP contribution is 2.24. The van der Waals surface area contributed by atoms with Crippen molar-refractivity contribution in [3.8, 4) is 6.01 Å². The Hall–Kier alpha value is -2.60. The Labute approximate surface area is 174 Å². The molecule has 1 heterocycles. The van der Waals surface area contributed by atoms with Gasteiger partial charge in [-0.15, -0.1) is 0 Å². The monoisotopic (exact) mass is 445 g/mol. The number of nitrogens with zero attached hydrogens (tertiary/aromatic N) is 3. The van der Waals surface area contributed by atoms with E-state index in [9.17, 15) is 22.3 Å². The fourth-order valence-corrected chi connectivity index (χ4v) is 3.09. The third-order valence-corrected chi connectivity index (χ3v) is 4.46. The summed E-state index contributed by atoms with van der Waals surface area (Å²) in [6, 6.07) is 2.96. The van der Waals surface area contributed by atoms with E-state index in [0.29, 0.717) is 6.42 Å². The van der Waals surface area contributed by atoms with Crippen LogP contribution in [0.4, 0.5) is 20.7 Å². The van der Waals surface area contributed by atoms with Gasteiger partial charge in [0, 0.05) is 5.56 Å². The van der Waals surface area contributed by atoms with Crippen LogP contribution in [0.1, 0.15) is 38.9 Å². The van der Waals surface area contributed by atoms with Crippen LogP contribution in [0, 0.1) is 17.6 Å². The Morgan fingerprint density at radius 2 is 1.80 bits per heavy atom. The highest BCUT2D eigenvalue weighted by atomic mass is 32.2. The van der Waals surface area contributed by atoms with Gasteiger partial charge in [0.15, 0.2) is 11.6 Å². The third kappa shape index (κ3) is 7.02. The first-order valence-corrected chi connectivity index (χ1v) is 11.1. The van der Waals surface area contributed by atoms with Crippen LogP contribution in [-0.4, -0.2) is 47.4 Å². The minimum Gasteiger partial charge on any atom is -0.455 e. The smallest absolute Gasteiger partial charge is 0.323 e. The molecule has 1 unspecified atom stereocenters. The number of hydrogen-bond acceptors (Lipinski definition) is 8. The van der Waals surface area contributed by atoms with Crippen molar-refractivity contribution in [3.05, 3.63) is 35.4 Å². The van der Waals surface area contributed by atoms with Gasteiger partial charge >= 0.3 is 6.01 Å². The number of anilines is 2. The predicted octanol–water partition coefficient (Wildman–Crippen LogP) is 2.48. The molecule has 12 heteroatoms. The molecule has 0 spiro atoms. The summed E-state index contributed by atoms with van der Waals surface area (Å²) in [4.78, 5) is 11.9. The van der Waals surface area contributed by atoms with Gasteiger partial charge in [-0.05, 0) is 25.3 Å². The molecule has 1 aromatic heterocycles. The average Bonchev–Trinajstić information content (AvgIpc) is 2.61. The lowest BCUT2D eigenvalue weighted by molar-refractivity contribution is 0.201. The topological polar surface area (TPSA) is 126 Å². The molecule has 0 aliphatic heterocycles. The van der Waals surface area contributed by atoms with E-state index in [4.69, 9.17) is 4.74 Å². The SMILES string of the molecule is CC(C)C[C@H](CO)Nc1nc(NS(C)(=O)=O)nc(OC(C)c2cccc(F)c2F)n1. The Morgan fingerprint density at radius 1 is 1.13 bits per heavy atom. The highest BCUT2D eigenvalue weighted by Gasteiger charge is 2.20. The number of aliphatic hydroxyl groups excluding tert-OH is 1. The molecule has 2 atom stereocenters. The molecular weight excluding hydrogens is 420 g/mol. The molecule has 166 valence electrons. The average molecular weight is 445 g/mol. The number of aromatic nitrogens is 3. The number of hydrogen-bond donors (Lipinski definition) is 3. The van der Waals surface area contributed by atoms with Crippen LogP contribution in [0.3, 0.4) is 0 Å². The summed E-state index contributed by atoms with van der Waals surface area (Å²) in [7, 11) is -3.70. The maximum absolute atomic E-state index is 14.0. The van der Waals surface area contributed by atoms with Crippen LogP contribution in [0.25, 0.3) is 0 Å². The second-order valence-electron chi connectivity index (χ2n) is 7.20. The second kappa shape index (κ2) is 9.94. The summed E-state index contributed by atoms with van der Waals surface area (Å²) >= 11 is 0. The molecule has 0 aliphatic carbocycles. The second-order valence-corrected chi connectivity index (χ2v) is 8.94. The molecule has 0 saturated carbocycles. The first-order chi connectivity index (χ1) is 14.0. The Bertz CT molecular complexity index is 975. The van der Waals surface area contributed by atoms with Gasteiger partial charge in [-0.2, -0.15) is 15.0 Å². The normalized spacial score (nSPS) is 13.7. The van der Waals surface area contributed by atoms with E-state index in [-0.39, 0.29) is 36.0 Å². The lowest BCUT2D eigenvalue weighted by atomic mass is 10.0. The van der Waals surface area contributed by atoms with E-state index >= 15 is 0 Å². The van der Waals surface area contributed by atoms with Gasteiger partial charge in [-0.25, -0.2) is 17.2 Å². The van der Waals surface area contributed by atoms with E-state index in [1.807, 2.05) is 13.8 Å². The molecule has 30 heavy (non-hydrogen) atoms. The largest absolute Gasteiger partial charge is 0.455 e. The Morgan fingerprint density at radius 3 is 2.40 bits per heavy atom. The van der Waals surface area contributed by atoms with Gasteiger partial charge in [0.05, 0.1) is 18.9 Å². The molecule has 0 bridgehead atoms. The van der Waals surface area contributed by atoms with Crippen LogP contribution in [-0.2, 0) is 10.0 Å². The van der Waals surface area contributed by atoms with E-state index < -0.39 is 33.8 Å². The zero-order chi connectivity index (χ0) is 22.5. The van der Waals surface area contributed by atoms with E-state index in [1.165, 1.54) is 19.1 Å². The standard InChI is InChI=1S/C18H25F2N5O4S/c1-10(2)8-12(9-26)21-16-22-17(25-30(4,27)28)24-18(23-16)29-11(3)13-6-5-7-14(19)15(13)20/h5-7,10-12,26H,8-9H2,1-4H3,(H2,21,22,23,24,25)/t11?,12-/m1/s1. The number of rotatable bonds is 10. The first kappa shape index (κ1) is 23.7. The van der Waals surface area contributed by atoms with Crippen LogP contribution < -0.4 is 14.8 Å². The quantitative estimate of drug-likeness (QED) is 0.509. The fourth-order valence-electron chi connectivity index (χ4n) is 2.67. The Balaban J connectivity index is 2.34. The van der Waals surface area contributed by atoms with Crippen LogP contribution in [0.2, 0.25) is 0 Å². The molecule has 3 N–H and O–H groups in total. The van der Waals surface area contributed by atoms with Crippen molar-refractivity contribution in [1.82, 2.24) is 15.0 Å². The van der Waals surface area contributed by atoms with Crippen molar-refractivity contribution in [3.63, 3.8) is 0 Å². The van der Waals surface area contributed by atoms with E-state index in [2.05, 4.69) is 25.0 Å². The van der Waals surface area contributed by atoms with Crippen molar-refractivity contribution >= 4 is 21.9 Å². The van der Waals surface area contributed by atoms with Gasteiger partial charge in [0.1, 0.15) is 6.10 Å². The molecule has 2 rings (SSSR count). The maximum Gasteiger partial charge on any atom is 0.323 e. The fraction of sp³-hybridized carbons (Fsp3) is 0.500. The number of nitrogens with one attached hydrogen (secondary N) is 2. The summed E-state index contributed by atoms with van der Waals surface area (Å²) in [5.74, 6) is -2.20.